The Balaban J connectivity index is 1.60. The third-order valence-electron chi connectivity index (χ3n) is 5.72. The molecule has 2 heterocycles. The smallest absolute Gasteiger partial charge is 0.258 e. The van der Waals surface area contributed by atoms with Crippen LogP contribution in [-0.2, 0) is 13.6 Å². The fraction of sp³-hybridized carbons (Fsp3) is 0.320. The van der Waals surface area contributed by atoms with Crippen LogP contribution < -0.4 is 25.0 Å². The highest BCUT2D eigenvalue weighted by molar-refractivity contribution is 6.10. The maximum atomic E-state index is 13.1. The lowest BCUT2D eigenvalue weighted by Crippen LogP contribution is -2.36. The van der Waals surface area contributed by atoms with Crippen LogP contribution in [0.3, 0.4) is 0 Å². The Morgan fingerprint density at radius 2 is 1.88 bits per heavy atom. The molecule has 1 aliphatic heterocycles. The van der Waals surface area contributed by atoms with Crippen LogP contribution in [0.15, 0.2) is 47.5 Å². The van der Waals surface area contributed by atoms with E-state index in [9.17, 15) is 4.79 Å². The van der Waals surface area contributed by atoms with Crippen LogP contribution >= 0.6 is 0 Å². The molecular weight excluding hydrogens is 432 g/mol. The number of nitrogens with one attached hydrogen (secondary N) is 2. The second kappa shape index (κ2) is 9.86. The van der Waals surface area contributed by atoms with Crippen molar-refractivity contribution >= 4 is 23.2 Å². The molecule has 2 aromatic carbocycles. The molecular formula is C25H30N6O3. The summed E-state index contributed by atoms with van der Waals surface area (Å²) in [6, 6.07) is 13.0. The maximum Gasteiger partial charge on any atom is 0.258 e. The molecule has 2 N–H and O–H groups in total. The van der Waals surface area contributed by atoms with Gasteiger partial charge in [0.25, 0.3) is 5.91 Å². The first-order valence-corrected chi connectivity index (χ1v) is 11.1. The molecule has 0 fully saturated rings. The molecule has 0 radical (unpaired) electrons. The molecule has 0 atom stereocenters. The molecule has 1 aliphatic rings. The van der Waals surface area contributed by atoms with Crippen LogP contribution in [0.5, 0.6) is 11.5 Å². The normalized spacial score (nSPS) is 12.9. The van der Waals surface area contributed by atoms with Gasteiger partial charge in [-0.2, -0.15) is 5.10 Å². The van der Waals surface area contributed by atoms with Crippen molar-refractivity contribution in [3.05, 3.63) is 65.0 Å². The van der Waals surface area contributed by atoms with Gasteiger partial charge in [0.1, 0.15) is 13.2 Å². The van der Waals surface area contributed by atoms with Gasteiger partial charge in [-0.05, 0) is 44.2 Å². The van der Waals surface area contributed by atoms with Crippen molar-refractivity contribution in [3.8, 4) is 11.5 Å². The van der Waals surface area contributed by atoms with Crippen LogP contribution in [0.25, 0.3) is 0 Å². The van der Waals surface area contributed by atoms with Gasteiger partial charge in [-0.15, -0.1) is 0 Å². The van der Waals surface area contributed by atoms with Gasteiger partial charge in [-0.1, -0.05) is 6.07 Å². The Bertz CT molecular complexity index is 1230. The molecule has 9 heteroatoms. The van der Waals surface area contributed by atoms with E-state index in [0.29, 0.717) is 42.8 Å². The highest BCUT2D eigenvalue weighted by Crippen LogP contribution is 2.32. The number of benzene rings is 2. The number of nitrogens with zero attached hydrogens (tertiary/aromatic N) is 4. The number of aryl methyl sites for hydroxylation is 2. The number of hydrogen-bond acceptors (Lipinski definition) is 6. The average Bonchev–Trinajstić information content (AvgIpc) is 3.07. The van der Waals surface area contributed by atoms with Crippen LogP contribution in [0.2, 0.25) is 0 Å². The number of aliphatic imine (C=N–C) groups is 1. The van der Waals surface area contributed by atoms with E-state index in [-0.39, 0.29) is 5.91 Å². The summed E-state index contributed by atoms with van der Waals surface area (Å²) < 4.78 is 13.1. The molecule has 1 aromatic heterocycles. The third kappa shape index (κ3) is 5.14. The average molecular weight is 463 g/mol. The van der Waals surface area contributed by atoms with Crippen molar-refractivity contribution in [2.45, 2.75) is 20.4 Å². The summed E-state index contributed by atoms with van der Waals surface area (Å²) in [5.41, 5.74) is 5.17. The summed E-state index contributed by atoms with van der Waals surface area (Å²) in [7, 11) is 5.78. The third-order valence-corrected chi connectivity index (χ3v) is 5.72. The van der Waals surface area contributed by atoms with E-state index in [1.807, 2.05) is 81.0 Å². The number of carbonyl (C=O) groups is 1. The van der Waals surface area contributed by atoms with Crippen LogP contribution in [0.1, 0.15) is 27.3 Å². The Labute approximate surface area is 199 Å². The standard InChI is InChI=1S/C25H30N6O3/c1-16-21(17(2)31(5)29-16)15-26-25(27-19-9-10-22-23(14-19)34-12-11-33-22)28-24(32)18-7-6-8-20(13-18)30(3)4/h6-10,13-14H,11-12,15H2,1-5H3,(H2,26,27,28,32). The van der Waals surface area contributed by atoms with Crippen LogP contribution in [0, 0.1) is 13.8 Å². The first-order valence-electron chi connectivity index (χ1n) is 11.1. The van der Waals surface area contributed by atoms with Crippen molar-refractivity contribution in [3.63, 3.8) is 0 Å². The Morgan fingerprint density at radius 3 is 2.59 bits per heavy atom. The highest BCUT2D eigenvalue weighted by atomic mass is 16.6. The molecule has 0 spiro atoms. The number of aromatic nitrogens is 2. The van der Waals surface area contributed by atoms with E-state index in [0.717, 1.165) is 28.3 Å². The molecule has 178 valence electrons. The quantitative estimate of drug-likeness (QED) is 0.447. The minimum atomic E-state index is -0.257. The van der Waals surface area contributed by atoms with E-state index in [2.05, 4.69) is 15.7 Å². The van der Waals surface area contributed by atoms with Crippen molar-refractivity contribution in [2.24, 2.45) is 12.0 Å². The Kier molecular flexibility index (Phi) is 6.72. The molecule has 34 heavy (non-hydrogen) atoms. The zero-order chi connectivity index (χ0) is 24.2. The van der Waals surface area contributed by atoms with Crippen molar-refractivity contribution < 1.29 is 14.3 Å². The number of ether oxygens (including phenoxy) is 2. The molecule has 0 unspecified atom stereocenters. The van der Waals surface area contributed by atoms with Gasteiger partial charge in [0.15, 0.2) is 11.5 Å². The van der Waals surface area contributed by atoms with Gasteiger partial charge in [-0.3, -0.25) is 14.8 Å². The minimum absolute atomic E-state index is 0.257. The highest BCUT2D eigenvalue weighted by Gasteiger charge is 2.15. The first kappa shape index (κ1) is 23.2. The summed E-state index contributed by atoms with van der Waals surface area (Å²) >= 11 is 0. The maximum absolute atomic E-state index is 13.1. The summed E-state index contributed by atoms with van der Waals surface area (Å²) in [6.45, 7) is 5.35. The van der Waals surface area contributed by atoms with E-state index < -0.39 is 0 Å². The molecule has 0 saturated carbocycles. The first-order chi connectivity index (χ1) is 16.3. The van der Waals surface area contributed by atoms with Crippen LogP contribution in [-0.4, -0.2) is 49.0 Å². The van der Waals surface area contributed by atoms with Crippen molar-refractivity contribution in [1.82, 2.24) is 15.1 Å². The largest absolute Gasteiger partial charge is 0.486 e. The number of rotatable bonds is 5. The fourth-order valence-electron chi connectivity index (χ4n) is 3.68. The summed E-state index contributed by atoms with van der Waals surface area (Å²) in [5, 5.41) is 10.6. The van der Waals surface area contributed by atoms with Gasteiger partial charge in [0.05, 0.1) is 12.2 Å². The van der Waals surface area contributed by atoms with Gasteiger partial charge in [0, 0.05) is 55.4 Å². The minimum Gasteiger partial charge on any atom is -0.486 e. The van der Waals surface area contributed by atoms with E-state index in [4.69, 9.17) is 14.5 Å². The van der Waals surface area contributed by atoms with E-state index in [1.165, 1.54) is 0 Å². The monoisotopic (exact) mass is 462 g/mol. The molecule has 0 saturated heterocycles. The van der Waals surface area contributed by atoms with Gasteiger partial charge in [-0.25, -0.2) is 4.99 Å². The molecule has 9 nitrogen and oxygen atoms in total. The number of hydrogen-bond donors (Lipinski definition) is 2. The van der Waals surface area contributed by atoms with Gasteiger partial charge >= 0.3 is 0 Å². The lowest BCUT2D eigenvalue weighted by Gasteiger charge is -2.19. The molecule has 0 bridgehead atoms. The molecule has 0 aliphatic carbocycles. The molecule has 4 rings (SSSR count). The van der Waals surface area contributed by atoms with Crippen LogP contribution in [0.4, 0.5) is 11.4 Å². The number of carbonyl (C=O) groups excluding carboxylic acids is 1. The number of guanidine groups is 1. The van der Waals surface area contributed by atoms with Crippen molar-refractivity contribution in [2.75, 3.05) is 37.5 Å². The lowest BCUT2D eigenvalue weighted by atomic mass is 10.2. The second-order valence-corrected chi connectivity index (χ2v) is 8.32. The summed E-state index contributed by atoms with van der Waals surface area (Å²) in [4.78, 5) is 19.7. The second-order valence-electron chi connectivity index (χ2n) is 8.32. The van der Waals surface area contributed by atoms with Crippen molar-refractivity contribution in [1.29, 1.82) is 0 Å². The van der Waals surface area contributed by atoms with Gasteiger partial charge < -0.3 is 19.7 Å². The predicted octanol–water partition coefficient (Wildman–Crippen LogP) is 3.27. The Morgan fingerprint density at radius 1 is 1.12 bits per heavy atom. The summed E-state index contributed by atoms with van der Waals surface area (Å²) in [6.07, 6.45) is 0. The predicted molar refractivity (Wildman–Crippen MR) is 133 cm³/mol. The fourth-order valence-corrected chi connectivity index (χ4v) is 3.68. The molecule has 1 amide bonds. The number of anilines is 2. The zero-order valence-electron chi connectivity index (χ0n) is 20.2. The zero-order valence-corrected chi connectivity index (χ0v) is 20.2. The SMILES string of the molecule is Cc1nn(C)c(C)c1CN=C(NC(=O)c1cccc(N(C)C)c1)Nc1ccc2c(c1)OCCO2. The Hall–Kier alpha value is -4.01. The van der Waals surface area contributed by atoms with E-state index in [1.54, 1.807) is 6.07 Å². The lowest BCUT2D eigenvalue weighted by molar-refractivity contribution is 0.0977. The van der Waals surface area contributed by atoms with E-state index >= 15 is 0 Å². The van der Waals surface area contributed by atoms with Gasteiger partial charge in [0.2, 0.25) is 5.96 Å². The molecule has 3 aromatic rings. The summed E-state index contributed by atoms with van der Waals surface area (Å²) in [5.74, 6) is 1.42. The number of fused-ring (bicyclic) bond motifs is 1. The topological polar surface area (TPSA) is 93.0 Å². The number of amides is 1.